The quantitative estimate of drug-likeness (QED) is 0.722. The lowest BCUT2D eigenvalue weighted by atomic mass is 10.1. The van der Waals surface area contributed by atoms with Gasteiger partial charge in [-0.25, -0.2) is 4.98 Å². The van der Waals surface area contributed by atoms with Gasteiger partial charge in [-0.3, -0.25) is 4.79 Å². The number of nitrogens with one attached hydrogen (secondary N) is 2. The molecule has 2 aliphatic rings. The second-order valence-electron chi connectivity index (χ2n) is 5.91. The lowest BCUT2D eigenvalue weighted by molar-refractivity contribution is 0.0937. The van der Waals surface area contributed by atoms with Crippen LogP contribution >= 0.6 is 11.3 Å². The minimum absolute atomic E-state index is 0.0728. The normalized spacial score (nSPS) is 19.6. The Kier molecular flexibility index (Phi) is 3.83. The molecule has 3 rings (SSSR count). The zero-order chi connectivity index (χ0) is 14.1. The summed E-state index contributed by atoms with van der Waals surface area (Å²) in [5.41, 5.74) is 5.87. The largest absolute Gasteiger partial charge is 0.382 e. The Bertz CT molecular complexity index is 493. The number of aromatic nitrogens is 1. The fraction of sp³-hybridized carbons (Fsp3) is 0.714. The van der Waals surface area contributed by atoms with Gasteiger partial charge in [-0.2, -0.15) is 0 Å². The van der Waals surface area contributed by atoms with Crippen LogP contribution in [0.2, 0.25) is 0 Å². The van der Waals surface area contributed by atoms with Crippen LogP contribution in [-0.2, 0) is 0 Å². The van der Waals surface area contributed by atoms with Crippen molar-refractivity contribution in [3.05, 3.63) is 4.88 Å². The van der Waals surface area contributed by atoms with E-state index in [1.54, 1.807) is 0 Å². The van der Waals surface area contributed by atoms with E-state index in [0.29, 0.717) is 16.7 Å². The first-order chi connectivity index (χ1) is 9.65. The molecule has 0 spiro atoms. The summed E-state index contributed by atoms with van der Waals surface area (Å²) in [6.07, 6.45) is 7.04. The molecule has 1 unspecified atom stereocenters. The summed E-state index contributed by atoms with van der Waals surface area (Å²) in [4.78, 5) is 17.1. The van der Waals surface area contributed by atoms with E-state index in [1.807, 2.05) is 0 Å². The van der Waals surface area contributed by atoms with Crippen molar-refractivity contribution in [2.45, 2.75) is 57.5 Å². The van der Waals surface area contributed by atoms with E-state index in [2.05, 4.69) is 22.5 Å². The van der Waals surface area contributed by atoms with Crippen LogP contribution in [0, 0.1) is 5.92 Å². The maximum atomic E-state index is 12.3. The van der Waals surface area contributed by atoms with Gasteiger partial charge in [-0.05, 0) is 31.6 Å². The first-order valence-electron chi connectivity index (χ1n) is 7.49. The lowest BCUT2D eigenvalue weighted by Gasteiger charge is -2.15. The average Bonchev–Trinajstić information content (AvgIpc) is 3.31. The zero-order valence-electron chi connectivity index (χ0n) is 11.8. The molecule has 0 saturated heterocycles. The second kappa shape index (κ2) is 5.60. The van der Waals surface area contributed by atoms with Crippen molar-refractivity contribution in [3.63, 3.8) is 0 Å². The number of carbonyl (C=O) groups excluding carboxylic acids is 1. The highest BCUT2D eigenvalue weighted by Gasteiger charge is 2.27. The highest BCUT2D eigenvalue weighted by atomic mass is 32.1. The van der Waals surface area contributed by atoms with E-state index in [-0.39, 0.29) is 11.9 Å². The van der Waals surface area contributed by atoms with Crippen molar-refractivity contribution in [1.29, 1.82) is 0 Å². The fourth-order valence-electron chi connectivity index (χ4n) is 2.29. The van der Waals surface area contributed by atoms with Gasteiger partial charge in [-0.15, -0.1) is 0 Å². The average molecular weight is 294 g/mol. The molecule has 4 N–H and O–H groups in total. The third-order valence-electron chi connectivity index (χ3n) is 3.91. The Morgan fingerprint density at radius 1 is 1.45 bits per heavy atom. The van der Waals surface area contributed by atoms with Gasteiger partial charge in [0.25, 0.3) is 5.91 Å². The van der Waals surface area contributed by atoms with E-state index < -0.39 is 0 Å². The first-order valence-corrected chi connectivity index (χ1v) is 8.31. The molecule has 5 nitrogen and oxygen atoms in total. The molecule has 0 bridgehead atoms. The minimum Gasteiger partial charge on any atom is -0.382 e. The molecule has 0 radical (unpaired) electrons. The molecule has 1 heterocycles. The number of hydrogen-bond acceptors (Lipinski definition) is 5. The number of anilines is 2. The zero-order valence-corrected chi connectivity index (χ0v) is 12.6. The summed E-state index contributed by atoms with van der Waals surface area (Å²) < 4.78 is 0. The van der Waals surface area contributed by atoms with Gasteiger partial charge in [0.15, 0.2) is 5.13 Å². The summed E-state index contributed by atoms with van der Waals surface area (Å²) in [5.74, 6) is 1.08. The summed E-state index contributed by atoms with van der Waals surface area (Å²) >= 11 is 1.36. The number of amides is 1. The molecule has 1 aromatic rings. The van der Waals surface area contributed by atoms with E-state index in [9.17, 15) is 4.79 Å². The Hall–Kier alpha value is -1.30. The van der Waals surface area contributed by atoms with Crippen molar-refractivity contribution in [1.82, 2.24) is 10.3 Å². The number of nitrogen functional groups attached to an aromatic ring is 1. The van der Waals surface area contributed by atoms with E-state index in [4.69, 9.17) is 5.73 Å². The van der Waals surface area contributed by atoms with E-state index >= 15 is 0 Å². The van der Waals surface area contributed by atoms with Gasteiger partial charge >= 0.3 is 0 Å². The molecule has 6 heteroatoms. The monoisotopic (exact) mass is 294 g/mol. The molecule has 2 saturated carbocycles. The molecule has 110 valence electrons. The standard InChI is InChI=1S/C14H22N4OS/c1-2-9(7-8-3-4-8)16-13(19)11-12(15)18-14(20-11)17-10-5-6-10/h8-10H,2-7,15H2,1H3,(H,16,19)(H,17,18). The van der Waals surface area contributed by atoms with Gasteiger partial charge in [0.1, 0.15) is 10.7 Å². The van der Waals surface area contributed by atoms with Gasteiger partial charge in [0, 0.05) is 12.1 Å². The van der Waals surface area contributed by atoms with Crippen molar-refractivity contribution in [3.8, 4) is 0 Å². The van der Waals surface area contributed by atoms with Crippen molar-refractivity contribution >= 4 is 28.2 Å². The SMILES string of the molecule is CCC(CC1CC1)NC(=O)c1sc(NC2CC2)nc1N. The molecule has 20 heavy (non-hydrogen) atoms. The Balaban J connectivity index is 1.60. The highest BCUT2D eigenvalue weighted by molar-refractivity contribution is 7.18. The smallest absolute Gasteiger partial charge is 0.265 e. The lowest BCUT2D eigenvalue weighted by Crippen LogP contribution is -2.34. The number of nitrogens with zero attached hydrogens (tertiary/aromatic N) is 1. The summed E-state index contributed by atoms with van der Waals surface area (Å²) in [7, 11) is 0. The molecule has 2 fully saturated rings. The number of carbonyl (C=O) groups is 1. The van der Waals surface area contributed by atoms with Crippen LogP contribution in [0.1, 0.15) is 55.1 Å². The third-order valence-corrected chi connectivity index (χ3v) is 4.91. The topological polar surface area (TPSA) is 80.0 Å². The molecule has 2 aliphatic carbocycles. The van der Waals surface area contributed by atoms with Crippen LogP contribution in [0.5, 0.6) is 0 Å². The van der Waals surface area contributed by atoms with Crippen LogP contribution in [0.25, 0.3) is 0 Å². The molecule has 0 aliphatic heterocycles. The Labute approximate surface area is 123 Å². The summed E-state index contributed by atoms with van der Waals surface area (Å²) in [6, 6.07) is 0.783. The molecule has 0 aromatic carbocycles. The third kappa shape index (κ3) is 3.42. The van der Waals surface area contributed by atoms with Crippen molar-refractivity contribution in [2.75, 3.05) is 11.1 Å². The number of nitrogens with two attached hydrogens (primary N) is 1. The van der Waals surface area contributed by atoms with Gasteiger partial charge in [0.2, 0.25) is 0 Å². The molecular formula is C14H22N4OS. The second-order valence-corrected chi connectivity index (χ2v) is 6.91. The number of rotatable bonds is 7. The maximum Gasteiger partial charge on any atom is 0.265 e. The van der Waals surface area contributed by atoms with Crippen molar-refractivity contribution in [2.24, 2.45) is 5.92 Å². The molecule has 1 amide bonds. The molecule has 1 atom stereocenters. The van der Waals surface area contributed by atoms with Gasteiger partial charge in [-0.1, -0.05) is 31.1 Å². The number of hydrogen-bond donors (Lipinski definition) is 3. The maximum absolute atomic E-state index is 12.3. The van der Waals surface area contributed by atoms with Crippen LogP contribution in [-0.4, -0.2) is 23.0 Å². The van der Waals surface area contributed by atoms with Crippen molar-refractivity contribution < 1.29 is 4.79 Å². The predicted octanol–water partition coefficient (Wildman–Crippen LogP) is 2.61. The highest BCUT2D eigenvalue weighted by Crippen LogP contribution is 2.34. The van der Waals surface area contributed by atoms with Crippen LogP contribution < -0.4 is 16.4 Å². The number of thiazole rings is 1. The first kappa shape index (κ1) is 13.7. The predicted molar refractivity (Wildman–Crippen MR) is 82.1 cm³/mol. The summed E-state index contributed by atoms with van der Waals surface area (Å²) in [5, 5.41) is 7.16. The summed E-state index contributed by atoms with van der Waals surface area (Å²) in [6.45, 7) is 2.11. The Morgan fingerprint density at radius 2 is 2.20 bits per heavy atom. The van der Waals surface area contributed by atoms with Crippen LogP contribution in [0.3, 0.4) is 0 Å². The minimum atomic E-state index is -0.0728. The van der Waals surface area contributed by atoms with Gasteiger partial charge in [0.05, 0.1) is 0 Å². The van der Waals surface area contributed by atoms with Crippen LogP contribution in [0.4, 0.5) is 10.9 Å². The van der Waals surface area contributed by atoms with E-state index in [0.717, 1.165) is 23.9 Å². The van der Waals surface area contributed by atoms with Gasteiger partial charge < -0.3 is 16.4 Å². The Morgan fingerprint density at radius 3 is 2.80 bits per heavy atom. The van der Waals surface area contributed by atoms with Crippen LogP contribution in [0.15, 0.2) is 0 Å². The molecule has 1 aromatic heterocycles. The fourth-order valence-corrected chi connectivity index (χ4v) is 3.16. The van der Waals surface area contributed by atoms with E-state index in [1.165, 1.54) is 37.0 Å². The molecular weight excluding hydrogens is 272 g/mol.